The third-order valence-electron chi connectivity index (χ3n) is 1.89. The molecule has 0 amide bonds. The van der Waals surface area contributed by atoms with E-state index in [1.54, 1.807) is 0 Å². The summed E-state index contributed by atoms with van der Waals surface area (Å²) in [6, 6.07) is 1.15. The summed E-state index contributed by atoms with van der Waals surface area (Å²) >= 11 is 0. The smallest absolute Gasteiger partial charge is 0.271 e. The fourth-order valence-corrected chi connectivity index (χ4v) is 1.50. The molecule has 0 aliphatic carbocycles. The second-order valence-electron chi connectivity index (χ2n) is 3.02. The fraction of sp³-hybridized carbons (Fsp3) is 0.375. The van der Waals surface area contributed by atoms with E-state index >= 15 is 0 Å². The van der Waals surface area contributed by atoms with Gasteiger partial charge >= 0.3 is 0 Å². The van der Waals surface area contributed by atoms with Crippen molar-refractivity contribution in [2.75, 3.05) is 0 Å². The van der Waals surface area contributed by atoms with Crippen LogP contribution in [-0.4, -0.2) is 18.2 Å². The molecule has 90 valence electrons. The fourth-order valence-electron chi connectivity index (χ4n) is 1.04. The van der Waals surface area contributed by atoms with E-state index in [4.69, 9.17) is 0 Å². The van der Waals surface area contributed by atoms with Gasteiger partial charge in [0.2, 0.25) is 10.0 Å². The van der Waals surface area contributed by atoms with Crippen LogP contribution in [0, 0.1) is 0 Å². The number of hydrogen-bond acceptors (Lipinski definition) is 3. The molecule has 5 nitrogen and oxygen atoms in total. The summed E-state index contributed by atoms with van der Waals surface area (Å²) in [6.07, 6.45) is -2.67. The lowest BCUT2D eigenvalue weighted by Crippen LogP contribution is -2.21. The van der Waals surface area contributed by atoms with Crippen molar-refractivity contribution in [3.8, 4) is 0 Å². The third kappa shape index (κ3) is 3.11. The van der Waals surface area contributed by atoms with E-state index in [9.17, 15) is 17.2 Å². The summed E-state index contributed by atoms with van der Waals surface area (Å²) in [4.78, 5) is 0. The molecule has 0 unspecified atom stereocenters. The molecule has 0 saturated carbocycles. The molecule has 0 aromatic carbocycles. The van der Waals surface area contributed by atoms with Crippen molar-refractivity contribution in [1.29, 1.82) is 0 Å². The summed E-state index contributed by atoms with van der Waals surface area (Å²) in [5, 5.41) is 4.29. The molecule has 0 radical (unpaired) electrons. The first-order valence-corrected chi connectivity index (χ1v) is 5.83. The zero-order valence-electron chi connectivity index (χ0n) is 8.52. The van der Waals surface area contributed by atoms with E-state index < -0.39 is 16.4 Å². The van der Waals surface area contributed by atoms with Crippen molar-refractivity contribution in [2.24, 2.45) is 7.05 Å². The molecule has 1 rings (SSSR count). The molecule has 8 heteroatoms. The van der Waals surface area contributed by atoms with Gasteiger partial charge in [-0.15, -0.1) is 0 Å². The molecular formula is C8H11F2N3O2S. The van der Waals surface area contributed by atoms with Crippen LogP contribution in [0.4, 0.5) is 8.78 Å². The second-order valence-corrected chi connectivity index (χ2v) is 4.73. The molecule has 1 heterocycles. The maximum Gasteiger partial charge on any atom is 0.282 e. The number of rotatable bonds is 5. The van der Waals surface area contributed by atoms with E-state index in [-0.39, 0.29) is 12.2 Å². The van der Waals surface area contributed by atoms with Crippen molar-refractivity contribution in [3.63, 3.8) is 0 Å². The summed E-state index contributed by atoms with van der Waals surface area (Å²) in [7, 11) is -2.10. The topological polar surface area (TPSA) is 64.0 Å². The highest BCUT2D eigenvalue weighted by Gasteiger charge is 2.14. The molecule has 1 aromatic rings. The van der Waals surface area contributed by atoms with Gasteiger partial charge in [-0.25, -0.2) is 21.9 Å². The summed E-state index contributed by atoms with van der Waals surface area (Å²) in [5.41, 5.74) is -0.0315. The van der Waals surface area contributed by atoms with Crippen molar-refractivity contribution >= 4 is 10.0 Å². The maximum absolute atomic E-state index is 12.3. The molecular weight excluding hydrogens is 240 g/mol. The Morgan fingerprint density at radius 1 is 1.69 bits per heavy atom. The first-order chi connectivity index (χ1) is 7.35. The first kappa shape index (κ1) is 12.8. The number of aryl methyl sites for hydroxylation is 1. The van der Waals surface area contributed by atoms with Gasteiger partial charge in [-0.1, -0.05) is 6.58 Å². The Balaban J connectivity index is 2.79. The van der Waals surface area contributed by atoms with Crippen molar-refractivity contribution in [2.45, 2.75) is 13.0 Å². The predicted molar refractivity (Wildman–Crippen MR) is 54.1 cm³/mol. The standard InChI is InChI=1S/C8H11F2N3O2S/c1-3-16(14,15)11-5-6-4-7(8(9)10)12-13(6)2/h3-4,8,11H,1,5H2,2H3. The van der Waals surface area contributed by atoms with Crippen LogP contribution in [0.25, 0.3) is 0 Å². The van der Waals surface area contributed by atoms with Crippen LogP contribution in [0.3, 0.4) is 0 Å². The lowest BCUT2D eigenvalue weighted by Gasteiger charge is -2.02. The van der Waals surface area contributed by atoms with Gasteiger partial charge in [0.05, 0.1) is 12.2 Å². The van der Waals surface area contributed by atoms with Gasteiger partial charge in [-0.2, -0.15) is 5.10 Å². The van der Waals surface area contributed by atoms with E-state index in [0.29, 0.717) is 5.69 Å². The molecule has 16 heavy (non-hydrogen) atoms. The van der Waals surface area contributed by atoms with Crippen LogP contribution in [-0.2, 0) is 23.6 Å². The molecule has 0 spiro atoms. The number of nitrogens with one attached hydrogen (secondary N) is 1. The van der Waals surface area contributed by atoms with Crippen LogP contribution in [0.15, 0.2) is 18.1 Å². The van der Waals surface area contributed by atoms with Gasteiger partial charge < -0.3 is 0 Å². The lowest BCUT2D eigenvalue weighted by molar-refractivity contribution is 0.145. The minimum Gasteiger partial charge on any atom is -0.271 e. The van der Waals surface area contributed by atoms with E-state index in [0.717, 1.165) is 11.5 Å². The zero-order valence-corrected chi connectivity index (χ0v) is 9.34. The molecule has 0 bridgehead atoms. The van der Waals surface area contributed by atoms with E-state index in [2.05, 4.69) is 16.4 Å². The highest BCUT2D eigenvalue weighted by atomic mass is 32.2. The van der Waals surface area contributed by atoms with E-state index in [1.807, 2.05) is 0 Å². The molecule has 0 atom stereocenters. The number of hydrogen-bond donors (Lipinski definition) is 1. The first-order valence-electron chi connectivity index (χ1n) is 4.29. The van der Waals surface area contributed by atoms with Crippen LogP contribution in [0.2, 0.25) is 0 Å². The Morgan fingerprint density at radius 3 is 2.75 bits per heavy atom. The minimum atomic E-state index is -3.56. The van der Waals surface area contributed by atoms with Crippen LogP contribution in [0.5, 0.6) is 0 Å². The number of halogens is 2. The van der Waals surface area contributed by atoms with Crippen LogP contribution in [0.1, 0.15) is 17.8 Å². The summed E-state index contributed by atoms with van der Waals surface area (Å²) in [6.45, 7) is 3.00. The monoisotopic (exact) mass is 251 g/mol. The normalized spacial score (nSPS) is 12.0. The van der Waals surface area contributed by atoms with Gasteiger partial charge in [-0.3, -0.25) is 4.68 Å². The Hall–Kier alpha value is -1.28. The SMILES string of the molecule is C=CS(=O)(=O)NCc1cc(C(F)F)nn1C. The zero-order chi connectivity index (χ0) is 12.3. The summed E-state index contributed by atoms with van der Waals surface area (Å²) in [5.74, 6) is 0. The molecule has 0 aliphatic rings. The Bertz CT molecular complexity index is 481. The molecule has 1 aromatic heterocycles. The van der Waals surface area contributed by atoms with E-state index in [1.165, 1.54) is 11.7 Å². The highest BCUT2D eigenvalue weighted by molar-refractivity contribution is 7.92. The number of aromatic nitrogens is 2. The van der Waals surface area contributed by atoms with Gasteiger partial charge in [0, 0.05) is 12.5 Å². The van der Waals surface area contributed by atoms with Crippen molar-refractivity contribution in [1.82, 2.24) is 14.5 Å². The number of sulfonamides is 1. The van der Waals surface area contributed by atoms with Crippen molar-refractivity contribution < 1.29 is 17.2 Å². The largest absolute Gasteiger partial charge is 0.282 e. The average molecular weight is 251 g/mol. The molecule has 1 N–H and O–H groups in total. The van der Waals surface area contributed by atoms with Crippen LogP contribution >= 0.6 is 0 Å². The number of alkyl halides is 2. The summed E-state index contributed by atoms with van der Waals surface area (Å²) < 4.78 is 49.9. The number of nitrogens with zero attached hydrogens (tertiary/aromatic N) is 2. The molecule has 0 aliphatic heterocycles. The van der Waals surface area contributed by atoms with Gasteiger partial charge in [0.1, 0.15) is 5.69 Å². The maximum atomic E-state index is 12.3. The van der Waals surface area contributed by atoms with Crippen molar-refractivity contribution in [3.05, 3.63) is 29.4 Å². The molecule has 0 saturated heterocycles. The highest BCUT2D eigenvalue weighted by Crippen LogP contribution is 2.17. The average Bonchev–Trinajstić information content (AvgIpc) is 2.57. The van der Waals surface area contributed by atoms with Gasteiger partial charge in [0.15, 0.2) is 0 Å². The third-order valence-corrected chi connectivity index (χ3v) is 2.88. The Morgan fingerprint density at radius 2 is 2.31 bits per heavy atom. The Labute approximate surface area is 91.8 Å². The predicted octanol–water partition coefficient (Wildman–Crippen LogP) is 0.921. The lowest BCUT2D eigenvalue weighted by atomic mass is 10.3. The molecule has 0 fully saturated rings. The Kier molecular flexibility index (Phi) is 3.76. The quantitative estimate of drug-likeness (QED) is 0.846. The van der Waals surface area contributed by atoms with Gasteiger partial charge in [0.25, 0.3) is 6.43 Å². The van der Waals surface area contributed by atoms with Gasteiger partial charge in [-0.05, 0) is 6.07 Å². The van der Waals surface area contributed by atoms with Crippen LogP contribution < -0.4 is 4.72 Å². The second kappa shape index (κ2) is 4.71. The minimum absolute atomic E-state index is 0.107.